The number of benzene rings is 4. The first-order valence-electron chi connectivity index (χ1n) is 11.1. The number of rotatable bonds is 6. The fourth-order valence-electron chi connectivity index (χ4n) is 4.33. The van der Waals surface area contributed by atoms with Crippen LogP contribution < -0.4 is 0 Å². The van der Waals surface area contributed by atoms with Crippen molar-refractivity contribution in [1.82, 2.24) is 0 Å². The molecule has 0 bridgehead atoms. The van der Waals surface area contributed by atoms with E-state index in [4.69, 9.17) is 0 Å². The minimum Gasteiger partial charge on any atom is -0.478 e. The van der Waals surface area contributed by atoms with E-state index in [9.17, 15) is 37.0 Å². The fourth-order valence-corrected chi connectivity index (χ4v) is 4.33. The lowest BCUT2D eigenvalue weighted by Crippen LogP contribution is -2.07. The molecule has 0 fully saturated rings. The minimum absolute atomic E-state index is 0.0336. The highest BCUT2D eigenvalue weighted by atomic mass is 19.4. The van der Waals surface area contributed by atoms with E-state index >= 15 is 0 Å². The van der Waals surface area contributed by atoms with Gasteiger partial charge in [0.05, 0.1) is 11.1 Å². The highest BCUT2D eigenvalue weighted by molar-refractivity contribution is 6.06. The summed E-state index contributed by atoms with van der Waals surface area (Å²) in [4.78, 5) is 12.1. The molecule has 0 aliphatic carbocycles. The third-order valence-electron chi connectivity index (χ3n) is 6.18. The Hall–Kier alpha value is -3.78. The van der Waals surface area contributed by atoms with Gasteiger partial charge in [-0.2, -0.15) is 13.2 Å². The number of hydrogen-bond donors (Lipinski definition) is 2. The summed E-state index contributed by atoms with van der Waals surface area (Å²) in [5, 5.41) is 20.8. The summed E-state index contributed by atoms with van der Waals surface area (Å²) in [7, 11) is 0. The van der Waals surface area contributed by atoms with Gasteiger partial charge in [0.1, 0.15) is 6.10 Å². The zero-order valence-corrected chi connectivity index (χ0v) is 19.0. The van der Waals surface area contributed by atoms with Crippen molar-refractivity contribution in [3.8, 4) is 22.3 Å². The van der Waals surface area contributed by atoms with Gasteiger partial charge in [-0.3, -0.25) is 0 Å². The molecule has 0 aliphatic heterocycles. The molecule has 4 rings (SSSR count). The van der Waals surface area contributed by atoms with Gasteiger partial charge in [-0.25, -0.2) is 13.6 Å². The number of halogens is 5. The number of aliphatic hydroxyl groups excluding tert-OH is 1. The summed E-state index contributed by atoms with van der Waals surface area (Å²) < 4.78 is 64.6. The summed E-state index contributed by atoms with van der Waals surface area (Å²) >= 11 is 0. The molecular formula is C28H21F5O3. The number of carboxylic acids is 1. The van der Waals surface area contributed by atoms with Crippen LogP contribution in [0.1, 0.15) is 40.1 Å². The summed E-state index contributed by atoms with van der Waals surface area (Å²) in [6, 6.07) is 17.3. The molecule has 186 valence electrons. The van der Waals surface area contributed by atoms with Crippen molar-refractivity contribution < 1.29 is 37.0 Å². The number of hydrogen-bond acceptors (Lipinski definition) is 2. The Labute approximate surface area is 203 Å². The van der Waals surface area contributed by atoms with Crippen LogP contribution in [0.3, 0.4) is 0 Å². The van der Waals surface area contributed by atoms with Crippen molar-refractivity contribution in [3.05, 3.63) is 95.1 Å². The maximum Gasteiger partial charge on any atom is 0.416 e. The standard InChI is InChI=1S/C28H21F5O3/c1-2-20-23-13-18(15-7-10-19(11-8-15)28(31,32)33)9-12-21(23)22(14-24(20)27(35)36)16-3-5-17(6-4-16)25(34)26(29)30/h3-14,25-26,34H,2H2,1H3,(H,35,36)/t25-/m1/s1. The number of aliphatic hydroxyl groups is 1. The normalized spacial score (nSPS) is 12.8. The predicted octanol–water partition coefficient (Wildman–Crippen LogP) is 7.75. The van der Waals surface area contributed by atoms with Crippen LogP contribution in [0.25, 0.3) is 33.0 Å². The van der Waals surface area contributed by atoms with Gasteiger partial charge in [0.25, 0.3) is 6.43 Å². The molecule has 0 saturated carbocycles. The van der Waals surface area contributed by atoms with E-state index in [1.165, 1.54) is 42.5 Å². The maximum atomic E-state index is 13.0. The maximum absolute atomic E-state index is 13.0. The van der Waals surface area contributed by atoms with E-state index in [1.54, 1.807) is 18.2 Å². The van der Waals surface area contributed by atoms with Crippen LogP contribution in [0.4, 0.5) is 22.0 Å². The Bertz CT molecular complexity index is 1410. The average molecular weight is 500 g/mol. The van der Waals surface area contributed by atoms with E-state index in [2.05, 4.69) is 0 Å². The first-order valence-corrected chi connectivity index (χ1v) is 11.1. The van der Waals surface area contributed by atoms with Gasteiger partial charge in [0.2, 0.25) is 0 Å². The predicted molar refractivity (Wildman–Crippen MR) is 127 cm³/mol. The molecule has 0 aliphatic rings. The number of carboxylic acid groups (broad SMARTS) is 1. The van der Waals surface area contributed by atoms with E-state index < -0.39 is 30.2 Å². The Morgan fingerprint density at radius 1 is 0.833 bits per heavy atom. The van der Waals surface area contributed by atoms with Crippen LogP contribution in [0.15, 0.2) is 72.8 Å². The van der Waals surface area contributed by atoms with Crippen LogP contribution >= 0.6 is 0 Å². The van der Waals surface area contributed by atoms with Crippen LogP contribution in [0, 0.1) is 0 Å². The first kappa shape index (κ1) is 25.3. The van der Waals surface area contributed by atoms with Gasteiger partial charge < -0.3 is 10.2 Å². The van der Waals surface area contributed by atoms with Gasteiger partial charge in [0.15, 0.2) is 0 Å². The zero-order valence-electron chi connectivity index (χ0n) is 19.0. The summed E-state index contributed by atoms with van der Waals surface area (Å²) in [5.74, 6) is -1.14. The van der Waals surface area contributed by atoms with Crippen molar-refractivity contribution >= 4 is 16.7 Å². The molecular weight excluding hydrogens is 479 g/mol. The van der Waals surface area contributed by atoms with Crippen molar-refractivity contribution in [2.75, 3.05) is 0 Å². The molecule has 0 spiro atoms. The smallest absolute Gasteiger partial charge is 0.416 e. The molecule has 0 radical (unpaired) electrons. The van der Waals surface area contributed by atoms with Crippen LogP contribution in [-0.4, -0.2) is 22.6 Å². The molecule has 4 aromatic rings. The Balaban J connectivity index is 1.89. The highest BCUT2D eigenvalue weighted by Crippen LogP contribution is 2.38. The van der Waals surface area contributed by atoms with Crippen LogP contribution in [0.2, 0.25) is 0 Å². The van der Waals surface area contributed by atoms with Crippen molar-refractivity contribution in [1.29, 1.82) is 0 Å². The Kier molecular flexibility index (Phi) is 6.82. The van der Waals surface area contributed by atoms with Gasteiger partial charge in [-0.1, -0.05) is 55.5 Å². The van der Waals surface area contributed by atoms with Crippen molar-refractivity contribution in [2.24, 2.45) is 0 Å². The summed E-state index contributed by atoms with van der Waals surface area (Å²) in [6.45, 7) is 1.81. The number of aryl methyl sites for hydroxylation is 1. The first-order chi connectivity index (χ1) is 17.0. The van der Waals surface area contributed by atoms with Crippen molar-refractivity contribution in [3.63, 3.8) is 0 Å². The minimum atomic E-state index is -4.45. The number of fused-ring (bicyclic) bond motifs is 1. The van der Waals surface area contributed by atoms with Gasteiger partial charge in [0, 0.05) is 0 Å². The molecule has 36 heavy (non-hydrogen) atoms. The SMILES string of the molecule is CCc1c(C(=O)O)cc(-c2ccc([C@@H](O)C(F)F)cc2)c2ccc(-c3ccc(C(F)(F)F)cc3)cc12. The quantitative estimate of drug-likeness (QED) is 0.266. The third kappa shape index (κ3) is 4.81. The largest absolute Gasteiger partial charge is 0.478 e. The second-order valence-electron chi connectivity index (χ2n) is 8.35. The third-order valence-corrected chi connectivity index (χ3v) is 6.18. The molecule has 0 heterocycles. The molecule has 3 nitrogen and oxygen atoms in total. The number of carbonyl (C=O) groups is 1. The van der Waals surface area contributed by atoms with E-state index in [-0.39, 0.29) is 11.1 Å². The monoisotopic (exact) mass is 500 g/mol. The molecule has 2 N–H and O–H groups in total. The lowest BCUT2D eigenvalue weighted by atomic mass is 9.88. The second kappa shape index (κ2) is 9.70. The zero-order chi connectivity index (χ0) is 26.2. The van der Waals surface area contributed by atoms with Gasteiger partial charge >= 0.3 is 12.1 Å². The molecule has 8 heteroatoms. The van der Waals surface area contributed by atoms with Gasteiger partial charge in [-0.15, -0.1) is 0 Å². The molecule has 1 atom stereocenters. The topological polar surface area (TPSA) is 57.5 Å². The molecule has 0 unspecified atom stereocenters. The highest BCUT2D eigenvalue weighted by Gasteiger charge is 2.30. The van der Waals surface area contributed by atoms with Crippen LogP contribution in [-0.2, 0) is 12.6 Å². The number of alkyl halides is 5. The fraction of sp³-hybridized carbons (Fsp3) is 0.179. The van der Waals surface area contributed by atoms with E-state index in [0.29, 0.717) is 45.0 Å². The molecule has 0 aromatic heterocycles. The van der Waals surface area contributed by atoms with Crippen molar-refractivity contribution in [2.45, 2.75) is 32.1 Å². The lowest BCUT2D eigenvalue weighted by Gasteiger charge is -2.17. The lowest BCUT2D eigenvalue weighted by molar-refractivity contribution is -0.137. The van der Waals surface area contributed by atoms with E-state index in [0.717, 1.165) is 12.1 Å². The van der Waals surface area contributed by atoms with Gasteiger partial charge in [-0.05, 0) is 74.8 Å². The Morgan fingerprint density at radius 2 is 1.42 bits per heavy atom. The van der Waals surface area contributed by atoms with Crippen LogP contribution in [0.5, 0.6) is 0 Å². The van der Waals surface area contributed by atoms with E-state index in [1.807, 2.05) is 6.92 Å². The molecule has 4 aromatic carbocycles. The average Bonchev–Trinajstić information content (AvgIpc) is 2.86. The molecule has 0 amide bonds. The summed E-state index contributed by atoms with van der Waals surface area (Å²) in [5.41, 5.74) is 2.19. The molecule has 0 saturated heterocycles. The Morgan fingerprint density at radius 3 is 1.94 bits per heavy atom. The second-order valence-corrected chi connectivity index (χ2v) is 8.35. The number of aromatic carboxylic acids is 1. The summed E-state index contributed by atoms with van der Waals surface area (Å²) in [6.07, 6.45) is -8.93.